The van der Waals surface area contributed by atoms with Gasteiger partial charge in [0.15, 0.2) is 0 Å². The van der Waals surface area contributed by atoms with E-state index in [-0.39, 0.29) is 11.7 Å². The molecule has 1 saturated heterocycles. The molecule has 1 aromatic heterocycles. The molecule has 0 N–H and O–H groups in total. The van der Waals surface area contributed by atoms with Crippen LogP contribution in [0.2, 0.25) is 0 Å². The Kier molecular flexibility index (Phi) is 5.51. The van der Waals surface area contributed by atoms with Crippen LogP contribution in [-0.2, 0) is 19.5 Å². The first-order valence-corrected chi connectivity index (χ1v) is 10.1. The molecule has 2 aliphatic heterocycles. The van der Waals surface area contributed by atoms with Gasteiger partial charge in [-0.05, 0) is 44.6 Å². The van der Waals surface area contributed by atoms with Gasteiger partial charge in [-0.15, -0.1) is 0 Å². The summed E-state index contributed by atoms with van der Waals surface area (Å²) in [5.74, 6) is 1.56. The van der Waals surface area contributed by atoms with E-state index in [0.29, 0.717) is 6.54 Å². The molecule has 4 rings (SSSR count). The molecule has 28 heavy (non-hydrogen) atoms. The third kappa shape index (κ3) is 3.98. The molecule has 1 aromatic carbocycles. The number of hydrogen-bond acceptors (Lipinski definition) is 4. The van der Waals surface area contributed by atoms with Crippen LogP contribution in [0.5, 0.6) is 0 Å². The van der Waals surface area contributed by atoms with Gasteiger partial charge in [0.25, 0.3) is 5.91 Å². The van der Waals surface area contributed by atoms with Gasteiger partial charge in [0.05, 0.1) is 5.56 Å². The van der Waals surface area contributed by atoms with E-state index < -0.39 is 0 Å². The van der Waals surface area contributed by atoms with Crippen LogP contribution in [0.15, 0.2) is 28.7 Å². The van der Waals surface area contributed by atoms with Crippen molar-refractivity contribution < 1.29 is 13.6 Å². The molecule has 0 aliphatic carbocycles. The Hall–Kier alpha value is -2.18. The third-order valence-corrected chi connectivity index (χ3v) is 5.84. The van der Waals surface area contributed by atoms with E-state index in [4.69, 9.17) is 4.42 Å². The summed E-state index contributed by atoms with van der Waals surface area (Å²) in [4.78, 5) is 19.9. The maximum absolute atomic E-state index is 13.3. The average Bonchev–Trinajstić information content (AvgIpc) is 2.84. The van der Waals surface area contributed by atoms with Crippen LogP contribution in [0, 0.1) is 12.7 Å². The second kappa shape index (κ2) is 8.05. The van der Waals surface area contributed by atoms with Crippen molar-refractivity contribution in [2.75, 3.05) is 39.8 Å². The SMILES string of the molecule is Cc1oc2c(c1C(=O)N1CCCN(C)CC1)CN(Cc1ccc(F)cc1)CC2. The number of halogens is 1. The molecule has 0 saturated carbocycles. The average molecular weight is 385 g/mol. The number of benzene rings is 1. The van der Waals surface area contributed by atoms with Crippen LogP contribution in [-0.4, -0.2) is 60.4 Å². The predicted octanol–water partition coefficient (Wildman–Crippen LogP) is 3.06. The zero-order valence-corrected chi connectivity index (χ0v) is 16.7. The van der Waals surface area contributed by atoms with Gasteiger partial charge in [-0.25, -0.2) is 4.39 Å². The van der Waals surface area contributed by atoms with Crippen molar-refractivity contribution in [1.82, 2.24) is 14.7 Å². The molecule has 6 heteroatoms. The fourth-order valence-electron chi connectivity index (χ4n) is 4.25. The molecule has 1 amide bonds. The van der Waals surface area contributed by atoms with Gasteiger partial charge < -0.3 is 14.2 Å². The molecule has 5 nitrogen and oxygen atoms in total. The monoisotopic (exact) mass is 385 g/mol. The molecule has 0 radical (unpaired) electrons. The first-order chi connectivity index (χ1) is 13.5. The third-order valence-electron chi connectivity index (χ3n) is 5.84. The van der Waals surface area contributed by atoms with Gasteiger partial charge in [0.1, 0.15) is 17.3 Å². The van der Waals surface area contributed by atoms with Crippen molar-refractivity contribution in [1.29, 1.82) is 0 Å². The summed E-state index contributed by atoms with van der Waals surface area (Å²) < 4.78 is 19.1. The van der Waals surface area contributed by atoms with Crippen LogP contribution >= 0.6 is 0 Å². The molecule has 0 unspecified atom stereocenters. The van der Waals surface area contributed by atoms with Gasteiger partial charge in [0, 0.05) is 51.3 Å². The number of likely N-dealkylation sites (N-methyl/N-ethyl adjacent to an activating group) is 1. The van der Waals surface area contributed by atoms with Gasteiger partial charge in [0.2, 0.25) is 0 Å². The number of aryl methyl sites for hydroxylation is 1. The largest absolute Gasteiger partial charge is 0.465 e. The molecule has 0 spiro atoms. The number of fused-ring (bicyclic) bond motifs is 1. The maximum Gasteiger partial charge on any atom is 0.257 e. The number of rotatable bonds is 3. The summed E-state index contributed by atoms with van der Waals surface area (Å²) in [7, 11) is 2.10. The summed E-state index contributed by atoms with van der Waals surface area (Å²) >= 11 is 0. The van der Waals surface area contributed by atoms with Crippen molar-refractivity contribution in [3.8, 4) is 0 Å². The molecule has 3 heterocycles. The van der Waals surface area contributed by atoms with E-state index in [0.717, 1.165) is 80.3 Å². The van der Waals surface area contributed by atoms with Gasteiger partial charge in [-0.2, -0.15) is 0 Å². The lowest BCUT2D eigenvalue weighted by Gasteiger charge is -2.27. The molecule has 150 valence electrons. The molecular formula is C22H28FN3O2. The topological polar surface area (TPSA) is 39.9 Å². The summed E-state index contributed by atoms with van der Waals surface area (Å²) in [6.07, 6.45) is 1.80. The number of furan rings is 1. The summed E-state index contributed by atoms with van der Waals surface area (Å²) in [5, 5.41) is 0. The van der Waals surface area contributed by atoms with Crippen molar-refractivity contribution in [3.05, 3.63) is 58.3 Å². The van der Waals surface area contributed by atoms with Crippen molar-refractivity contribution in [2.45, 2.75) is 32.9 Å². The second-order valence-electron chi connectivity index (χ2n) is 7.97. The molecule has 1 fully saturated rings. The lowest BCUT2D eigenvalue weighted by Crippen LogP contribution is -2.36. The number of carbonyl (C=O) groups excluding carboxylic acids is 1. The highest BCUT2D eigenvalue weighted by molar-refractivity contribution is 5.97. The Bertz CT molecular complexity index is 846. The lowest BCUT2D eigenvalue weighted by molar-refractivity contribution is 0.0759. The fraction of sp³-hybridized carbons (Fsp3) is 0.500. The molecular weight excluding hydrogens is 357 g/mol. The van der Waals surface area contributed by atoms with Crippen LogP contribution in [0.4, 0.5) is 4.39 Å². The quantitative estimate of drug-likeness (QED) is 0.814. The smallest absolute Gasteiger partial charge is 0.257 e. The first kappa shape index (κ1) is 19.2. The van der Waals surface area contributed by atoms with Crippen LogP contribution < -0.4 is 0 Å². The fourth-order valence-corrected chi connectivity index (χ4v) is 4.25. The van der Waals surface area contributed by atoms with Gasteiger partial charge in [-0.1, -0.05) is 12.1 Å². The standard InChI is InChI=1S/C22H28FN3O2/c1-16-21(22(27)26-10-3-9-24(2)12-13-26)19-15-25(11-8-20(19)28-16)14-17-4-6-18(23)7-5-17/h4-7H,3,8-15H2,1-2H3. The minimum absolute atomic E-state index is 0.0985. The Morgan fingerprint density at radius 2 is 1.89 bits per heavy atom. The van der Waals surface area contributed by atoms with E-state index in [9.17, 15) is 9.18 Å². The minimum Gasteiger partial charge on any atom is -0.465 e. The van der Waals surface area contributed by atoms with Crippen LogP contribution in [0.3, 0.4) is 0 Å². The van der Waals surface area contributed by atoms with Gasteiger partial charge >= 0.3 is 0 Å². The first-order valence-electron chi connectivity index (χ1n) is 10.1. The van der Waals surface area contributed by atoms with Crippen LogP contribution in [0.25, 0.3) is 0 Å². The Balaban J connectivity index is 1.52. The molecule has 0 bridgehead atoms. The van der Waals surface area contributed by atoms with E-state index in [1.165, 1.54) is 12.1 Å². The number of carbonyl (C=O) groups is 1. The highest BCUT2D eigenvalue weighted by Gasteiger charge is 2.31. The Labute approximate surface area is 165 Å². The minimum atomic E-state index is -0.217. The van der Waals surface area contributed by atoms with E-state index in [1.54, 1.807) is 0 Å². The number of nitrogens with zero attached hydrogens (tertiary/aromatic N) is 3. The normalized spacial score (nSPS) is 18.8. The summed E-state index contributed by atoms with van der Waals surface area (Å²) in [5.41, 5.74) is 2.87. The zero-order chi connectivity index (χ0) is 19.7. The Morgan fingerprint density at radius 1 is 1.11 bits per heavy atom. The zero-order valence-electron chi connectivity index (χ0n) is 16.7. The predicted molar refractivity (Wildman–Crippen MR) is 106 cm³/mol. The molecule has 2 aliphatic rings. The van der Waals surface area contributed by atoms with Crippen molar-refractivity contribution in [3.63, 3.8) is 0 Å². The number of amides is 1. The van der Waals surface area contributed by atoms with Crippen LogP contribution in [0.1, 0.15) is 39.4 Å². The second-order valence-corrected chi connectivity index (χ2v) is 7.97. The molecule has 0 atom stereocenters. The highest BCUT2D eigenvalue weighted by Crippen LogP contribution is 2.30. The maximum atomic E-state index is 13.3. The molecule has 2 aromatic rings. The summed E-state index contributed by atoms with van der Waals surface area (Å²) in [6.45, 7) is 7.69. The number of hydrogen-bond donors (Lipinski definition) is 0. The van der Waals surface area contributed by atoms with Crippen molar-refractivity contribution in [2.24, 2.45) is 0 Å². The van der Waals surface area contributed by atoms with E-state index in [2.05, 4.69) is 16.8 Å². The lowest BCUT2D eigenvalue weighted by atomic mass is 10.0. The van der Waals surface area contributed by atoms with E-state index >= 15 is 0 Å². The summed E-state index contributed by atoms with van der Waals surface area (Å²) in [6, 6.07) is 6.65. The Morgan fingerprint density at radius 3 is 2.68 bits per heavy atom. The van der Waals surface area contributed by atoms with E-state index in [1.807, 2.05) is 24.0 Å². The van der Waals surface area contributed by atoms with Crippen molar-refractivity contribution >= 4 is 5.91 Å². The van der Waals surface area contributed by atoms with Gasteiger partial charge in [-0.3, -0.25) is 9.69 Å². The highest BCUT2D eigenvalue weighted by atomic mass is 19.1.